The Morgan fingerprint density at radius 2 is 1.77 bits per heavy atom. The van der Waals surface area contributed by atoms with E-state index in [0.717, 1.165) is 16.5 Å². The van der Waals surface area contributed by atoms with Crippen molar-refractivity contribution in [1.82, 2.24) is 4.98 Å². The number of ether oxygens (including phenoxy) is 1. The molecule has 0 fully saturated rings. The van der Waals surface area contributed by atoms with Crippen LogP contribution >= 0.6 is 0 Å². The fourth-order valence-corrected chi connectivity index (χ4v) is 4.31. The summed E-state index contributed by atoms with van der Waals surface area (Å²) < 4.78 is 11.6. The second-order valence-electron chi connectivity index (χ2n) is 7.58. The van der Waals surface area contributed by atoms with E-state index >= 15 is 0 Å². The van der Waals surface area contributed by atoms with Crippen molar-refractivity contribution in [3.05, 3.63) is 89.0 Å². The predicted octanol–water partition coefficient (Wildman–Crippen LogP) is 6.40. The molecule has 0 amide bonds. The SMILES string of the molecule is CCc1ccc(Oc2ccc3ccccc3n2)cc1C1=C(O)c2c(c3ccc2o3)C1=O. The van der Waals surface area contributed by atoms with Gasteiger partial charge in [-0.1, -0.05) is 31.2 Å². The molecule has 0 spiro atoms. The fourth-order valence-electron chi connectivity index (χ4n) is 4.31. The lowest BCUT2D eigenvalue weighted by molar-refractivity contribution is 0.106. The number of aliphatic hydroxyl groups is 1. The summed E-state index contributed by atoms with van der Waals surface area (Å²) in [5.74, 6) is 0.752. The zero-order valence-corrected chi connectivity index (χ0v) is 16.7. The molecule has 1 aliphatic rings. The molecule has 5 nitrogen and oxygen atoms in total. The first-order valence-electron chi connectivity index (χ1n) is 10.1. The topological polar surface area (TPSA) is 72.6 Å². The van der Waals surface area contributed by atoms with Gasteiger partial charge in [0.1, 0.15) is 22.7 Å². The Labute approximate surface area is 177 Å². The molecule has 5 aromatic rings. The van der Waals surface area contributed by atoms with Gasteiger partial charge in [0.25, 0.3) is 0 Å². The summed E-state index contributed by atoms with van der Waals surface area (Å²) in [5, 5.41) is 12.0. The van der Waals surface area contributed by atoms with E-state index in [4.69, 9.17) is 9.15 Å². The minimum atomic E-state index is -0.225. The Hall–Kier alpha value is -4.12. The number of rotatable bonds is 4. The first-order valence-corrected chi connectivity index (χ1v) is 10.1. The van der Waals surface area contributed by atoms with Gasteiger partial charge in [-0.25, -0.2) is 4.98 Å². The van der Waals surface area contributed by atoms with E-state index in [1.807, 2.05) is 55.5 Å². The van der Waals surface area contributed by atoms with Gasteiger partial charge >= 0.3 is 0 Å². The zero-order valence-electron chi connectivity index (χ0n) is 16.7. The molecule has 0 radical (unpaired) electrons. The van der Waals surface area contributed by atoms with Crippen molar-refractivity contribution in [2.24, 2.45) is 0 Å². The molecule has 5 heteroatoms. The Morgan fingerprint density at radius 1 is 0.968 bits per heavy atom. The summed E-state index contributed by atoms with van der Waals surface area (Å²) in [6, 6.07) is 20.7. The second-order valence-corrected chi connectivity index (χ2v) is 7.58. The average molecular weight is 407 g/mol. The maximum atomic E-state index is 13.2. The van der Waals surface area contributed by atoms with Crippen molar-refractivity contribution in [3.63, 3.8) is 0 Å². The number of benzene rings is 3. The van der Waals surface area contributed by atoms with Crippen LogP contribution in [0.3, 0.4) is 0 Å². The highest BCUT2D eigenvalue weighted by Crippen LogP contribution is 2.45. The van der Waals surface area contributed by atoms with Gasteiger partial charge in [-0.3, -0.25) is 4.79 Å². The van der Waals surface area contributed by atoms with Crippen LogP contribution in [-0.2, 0) is 6.42 Å². The first-order chi connectivity index (χ1) is 15.1. The number of hydrogen-bond acceptors (Lipinski definition) is 5. The lowest BCUT2D eigenvalue weighted by atomic mass is 9.95. The molecule has 1 aliphatic carbocycles. The van der Waals surface area contributed by atoms with Crippen molar-refractivity contribution in [3.8, 4) is 11.6 Å². The second kappa shape index (κ2) is 6.44. The summed E-state index contributed by atoms with van der Waals surface area (Å²) in [6.45, 7) is 2.01. The van der Waals surface area contributed by atoms with Crippen LogP contribution in [0, 0.1) is 0 Å². The van der Waals surface area contributed by atoms with Crippen LogP contribution in [0.4, 0.5) is 0 Å². The Kier molecular flexibility index (Phi) is 3.68. The smallest absolute Gasteiger partial charge is 0.219 e. The number of ketones is 1. The molecule has 1 N–H and O–H groups in total. The van der Waals surface area contributed by atoms with E-state index in [1.165, 1.54) is 0 Å². The number of hydrogen-bond donors (Lipinski definition) is 1. The highest BCUT2D eigenvalue weighted by molar-refractivity contribution is 6.42. The number of furan rings is 2. The molecule has 0 aliphatic heterocycles. The van der Waals surface area contributed by atoms with E-state index in [9.17, 15) is 9.90 Å². The van der Waals surface area contributed by atoms with Gasteiger partial charge in [0, 0.05) is 11.5 Å². The summed E-state index contributed by atoms with van der Waals surface area (Å²) >= 11 is 0. The van der Waals surface area contributed by atoms with E-state index in [2.05, 4.69) is 4.98 Å². The predicted molar refractivity (Wildman–Crippen MR) is 119 cm³/mol. The Balaban J connectivity index is 1.43. The molecule has 3 heterocycles. The molecule has 6 rings (SSSR count). The van der Waals surface area contributed by atoms with Gasteiger partial charge in [0.15, 0.2) is 0 Å². The quantitative estimate of drug-likeness (QED) is 0.373. The van der Waals surface area contributed by atoms with Gasteiger partial charge in [-0.05, 0) is 53.9 Å². The molecule has 0 saturated carbocycles. The Morgan fingerprint density at radius 3 is 2.58 bits per heavy atom. The molecular formula is C26H17NO4. The minimum Gasteiger partial charge on any atom is -0.506 e. The van der Waals surface area contributed by atoms with E-state index in [0.29, 0.717) is 51.5 Å². The maximum absolute atomic E-state index is 13.2. The zero-order chi connectivity index (χ0) is 21.1. The fraction of sp³-hybridized carbons (Fsp3) is 0.0769. The number of aromatic nitrogens is 1. The number of carbonyl (C=O) groups is 1. The van der Waals surface area contributed by atoms with E-state index in [-0.39, 0.29) is 11.5 Å². The van der Waals surface area contributed by atoms with Gasteiger partial charge in [0.05, 0.1) is 22.2 Å². The molecule has 0 unspecified atom stereocenters. The van der Waals surface area contributed by atoms with Crippen LogP contribution < -0.4 is 4.74 Å². The third kappa shape index (κ3) is 2.56. The number of nitrogens with zero attached hydrogens (tertiary/aromatic N) is 1. The molecule has 31 heavy (non-hydrogen) atoms. The van der Waals surface area contributed by atoms with Crippen molar-refractivity contribution in [2.45, 2.75) is 13.3 Å². The van der Waals surface area contributed by atoms with Crippen LogP contribution in [0.15, 0.2) is 71.1 Å². The molecule has 0 atom stereocenters. The molecule has 2 aromatic carbocycles. The standard InChI is InChI=1S/C26H17NO4/c1-2-14-7-9-16(30-21-12-8-15-5-3-4-6-18(15)27-21)13-17(14)22-25(28)23-19-10-11-20(31-19)24(23)26(22)29/h3-13,28H,2H2,1H3. The lowest BCUT2D eigenvalue weighted by Crippen LogP contribution is -2.02. The normalized spacial score (nSPS) is 13.5. The van der Waals surface area contributed by atoms with Crippen molar-refractivity contribution in [1.29, 1.82) is 0 Å². The number of aryl methyl sites for hydroxylation is 1. The number of allylic oxidation sites excluding steroid dienone is 1. The molecule has 3 aromatic heterocycles. The van der Waals surface area contributed by atoms with Crippen LogP contribution in [0.1, 0.15) is 34.0 Å². The van der Waals surface area contributed by atoms with Crippen molar-refractivity contribution in [2.75, 3.05) is 0 Å². The number of para-hydroxylation sites is 1. The van der Waals surface area contributed by atoms with Crippen LogP contribution in [0.2, 0.25) is 0 Å². The van der Waals surface area contributed by atoms with Gasteiger partial charge in [-0.15, -0.1) is 0 Å². The van der Waals surface area contributed by atoms with Gasteiger partial charge in [0.2, 0.25) is 11.7 Å². The van der Waals surface area contributed by atoms with E-state index in [1.54, 1.807) is 18.2 Å². The summed E-state index contributed by atoms with van der Waals surface area (Å²) in [5.41, 5.74) is 4.70. The number of aliphatic hydroxyl groups excluding tert-OH is 1. The van der Waals surface area contributed by atoms with Crippen LogP contribution in [0.25, 0.3) is 33.4 Å². The highest BCUT2D eigenvalue weighted by atomic mass is 16.5. The van der Waals surface area contributed by atoms with Crippen molar-refractivity contribution >= 4 is 39.2 Å². The monoisotopic (exact) mass is 407 g/mol. The average Bonchev–Trinajstić information content (AvgIpc) is 3.47. The maximum Gasteiger partial charge on any atom is 0.219 e. The van der Waals surface area contributed by atoms with Crippen molar-refractivity contribution < 1.29 is 19.1 Å². The first kappa shape index (κ1) is 17.7. The highest BCUT2D eigenvalue weighted by Gasteiger charge is 2.37. The largest absolute Gasteiger partial charge is 0.506 e. The molecule has 2 bridgehead atoms. The van der Waals surface area contributed by atoms with Crippen LogP contribution in [-0.4, -0.2) is 15.9 Å². The third-order valence-corrected chi connectivity index (χ3v) is 5.80. The number of pyridine rings is 1. The number of Topliss-reactive ketones (excluding diaryl/α,β-unsaturated/α-hetero) is 1. The number of carbonyl (C=O) groups excluding carboxylic acids is 1. The number of fused-ring (bicyclic) bond motifs is 6. The third-order valence-electron chi connectivity index (χ3n) is 5.80. The molecule has 150 valence electrons. The minimum absolute atomic E-state index is 0.0370. The Bertz CT molecular complexity index is 1530. The summed E-state index contributed by atoms with van der Waals surface area (Å²) in [4.78, 5) is 17.7. The molecular weight excluding hydrogens is 390 g/mol. The van der Waals surface area contributed by atoms with Crippen LogP contribution in [0.5, 0.6) is 11.6 Å². The van der Waals surface area contributed by atoms with Gasteiger partial charge in [-0.2, -0.15) is 0 Å². The lowest BCUT2D eigenvalue weighted by Gasteiger charge is -2.12. The van der Waals surface area contributed by atoms with Gasteiger partial charge < -0.3 is 14.3 Å². The van der Waals surface area contributed by atoms with E-state index < -0.39 is 0 Å². The summed E-state index contributed by atoms with van der Waals surface area (Å²) in [6.07, 6.45) is 0.709. The molecule has 0 saturated heterocycles. The summed E-state index contributed by atoms with van der Waals surface area (Å²) in [7, 11) is 0.